The van der Waals surface area contributed by atoms with Crippen LogP contribution in [0.15, 0.2) is 12.1 Å². The minimum absolute atomic E-state index is 0.417. The van der Waals surface area contributed by atoms with Gasteiger partial charge >= 0.3 is 0 Å². The van der Waals surface area contributed by atoms with Gasteiger partial charge in [0.05, 0.1) is 0 Å². The van der Waals surface area contributed by atoms with Crippen molar-refractivity contribution in [3.05, 3.63) is 23.3 Å². The second-order valence-corrected chi connectivity index (χ2v) is 4.36. The molecule has 3 heteroatoms. The van der Waals surface area contributed by atoms with E-state index in [1.165, 1.54) is 11.1 Å². The Kier molecular flexibility index (Phi) is 3.34. The monoisotopic (exact) mass is 221 g/mol. The van der Waals surface area contributed by atoms with Crippen molar-refractivity contribution in [2.75, 3.05) is 19.8 Å². The number of fused-ring (bicyclic) bond motifs is 1. The van der Waals surface area contributed by atoms with Crippen molar-refractivity contribution in [3.8, 4) is 11.5 Å². The van der Waals surface area contributed by atoms with Gasteiger partial charge in [0, 0.05) is 5.56 Å². The van der Waals surface area contributed by atoms with Gasteiger partial charge in [0.1, 0.15) is 13.2 Å². The Labute approximate surface area is 96.5 Å². The van der Waals surface area contributed by atoms with E-state index in [0.717, 1.165) is 17.9 Å². The zero-order valence-electron chi connectivity index (χ0n) is 9.95. The maximum atomic E-state index is 5.71. The molecule has 0 amide bonds. The standard InChI is InChI=1S/C13H19NO2/c1-9-7-11(10(2)3-4-14)13-12(8-9)15-5-6-16-13/h7-8,10H,3-6,14H2,1-2H3. The summed E-state index contributed by atoms with van der Waals surface area (Å²) in [5, 5.41) is 0. The summed E-state index contributed by atoms with van der Waals surface area (Å²) in [4.78, 5) is 0. The number of aryl methyl sites for hydroxylation is 1. The number of hydrogen-bond donors (Lipinski definition) is 1. The molecular formula is C13H19NO2. The normalized spacial score (nSPS) is 15.9. The van der Waals surface area contributed by atoms with Gasteiger partial charge in [-0.05, 0) is 37.4 Å². The fourth-order valence-corrected chi connectivity index (χ4v) is 2.10. The molecule has 1 aromatic rings. The van der Waals surface area contributed by atoms with Gasteiger partial charge in [-0.25, -0.2) is 0 Å². The Hall–Kier alpha value is -1.22. The molecule has 0 bridgehead atoms. The summed E-state index contributed by atoms with van der Waals surface area (Å²) in [5.41, 5.74) is 8.04. The van der Waals surface area contributed by atoms with Crippen LogP contribution in [0.1, 0.15) is 30.4 Å². The lowest BCUT2D eigenvalue weighted by Gasteiger charge is -2.24. The van der Waals surface area contributed by atoms with E-state index < -0.39 is 0 Å². The van der Waals surface area contributed by atoms with Crippen LogP contribution in [0.3, 0.4) is 0 Å². The fraction of sp³-hybridized carbons (Fsp3) is 0.538. The van der Waals surface area contributed by atoms with E-state index in [-0.39, 0.29) is 0 Å². The third kappa shape index (κ3) is 2.14. The van der Waals surface area contributed by atoms with Crippen molar-refractivity contribution in [3.63, 3.8) is 0 Å². The smallest absolute Gasteiger partial charge is 0.164 e. The highest BCUT2D eigenvalue weighted by Gasteiger charge is 2.19. The average Bonchev–Trinajstić information content (AvgIpc) is 2.28. The number of benzene rings is 1. The van der Waals surface area contributed by atoms with E-state index in [4.69, 9.17) is 15.2 Å². The molecule has 1 aromatic carbocycles. The van der Waals surface area contributed by atoms with E-state index in [1.54, 1.807) is 0 Å². The van der Waals surface area contributed by atoms with Crippen LogP contribution >= 0.6 is 0 Å². The van der Waals surface area contributed by atoms with Crippen molar-refractivity contribution in [1.82, 2.24) is 0 Å². The first kappa shape index (κ1) is 11.3. The van der Waals surface area contributed by atoms with Crippen LogP contribution in [0.5, 0.6) is 11.5 Å². The lowest BCUT2D eigenvalue weighted by molar-refractivity contribution is 0.169. The van der Waals surface area contributed by atoms with Gasteiger partial charge in [-0.2, -0.15) is 0 Å². The van der Waals surface area contributed by atoms with Gasteiger partial charge in [-0.15, -0.1) is 0 Å². The molecule has 0 spiro atoms. The molecular weight excluding hydrogens is 202 g/mol. The van der Waals surface area contributed by atoms with E-state index in [1.807, 2.05) is 6.07 Å². The Morgan fingerprint density at radius 1 is 1.31 bits per heavy atom. The minimum atomic E-state index is 0.417. The maximum Gasteiger partial charge on any atom is 0.164 e. The van der Waals surface area contributed by atoms with Crippen LogP contribution in [0.4, 0.5) is 0 Å². The highest BCUT2D eigenvalue weighted by molar-refractivity contribution is 5.51. The van der Waals surface area contributed by atoms with Gasteiger partial charge in [0.25, 0.3) is 0 Å². The topological polar surface area (TPSA) is 44.5 Å². The van der Waals surface area contributed by atoms with Crippen molar-refractivity contribution >= 4 is 0 Å². The van der Waals surface area contributed by atoms with Crippen LogP contribution in [0.2, 0.25) is 0 Å². The molecule has 0 saturated carbocycles. The Morgan fingerprint density at radius 3 is 2.81 bits per heavy atom. The molecule has 2 N–H and O–H groups in total. The zero-order valence-corrected chi connectivity index (χ0v) is 9.95. The Balaban J connectivity index is 2.38. The average molecular weight is 221 g/mol. The van der Waals surface area contributed by atoms with Gasteiger partial charge < -0.3 is 15.2 Å². The maximum absolute atomic E-state index is 5.71. The summed E-state index contributed by atoms with van der Waals surface area (Å²) in [6.07, 6.45) is 0.971. The molecule has 0 radical (unpaired) electrons. The molecule has 0 aromatic heterocycles. The van der Waals surface area contributed by atoms with Crippen molar-refractivity contribution in [2.45, 2.75) is 26.2 Å². The molecule has 1 aliphatic heterocycles. The van der Waals surface area contributed by atoms with Crippen molar-refractivity contribution in [1.29, 1.82) is 0 Å². The number of ether oxygens (including phenoxy) is 2. The molecule has 0 aliphatic carbocycles. The van der Waals surface area contributed by atoms with E-state index >= 15 is 0 Å². The predicted octanol–water partition coefficient (Wildman–Crippen LogP) is 2.22. The number of hydrogen-bond acceptors (Lipinski definition) is 3. The number of rotatable bonds is 3. The van der Waals surface area contributed by atoms with Gasteiger partial charge in [0.2, 0.25) is 0 Å². The summed E-state index contributed by atoms with van der Waals surface area (Å²) in [5.74, 6) is 2.21. The second kappa shape index (κ2) is 4.74. The third-order valence-corrected chi connectivity index (χ3v) is 2.95. The lowest BCUT2D eigenvalue weighted by Crippen LogP contribution is -2.18. The summed E-state index contributed by atoms with van der Waals surface area (Å²) >= 11 is 0. The summed E-state index contributed by atoms with van der Waals surface area (Å²) < 4.78 is 11.3. The fourth-order valence-electron chi connectivity index (χ4n) is 2.10. The Bertz CT molecular complexity index is 376. The first-order valence-corrected chi connectivity index (χ1v) is 5.82. The van der Waals surface area contributed by atoms with Crippen molar-refractivity contribution < 1.29 is 9.47 Å². The second-order valence-electron chi connectivity index (χ2n) is 4.36. The molecule has 1 atom stereocenters. The largest absolute Gasteiger partial charge is 0.486 e. The van der Waals surface area contributed by atoms with Crippen LogP contribution in [-0.2, 0) is 0 Å². The summed E-state index contributed by atoms with van der Waals surface area (Å²) in [6.45, 7) is 6.24. The van der Waals surface area contributed by atoms with Gasteiger partial charge in [-0.1, -0.05) is 13.0 Å². The molecule has 1 heterocycles. The van der Waals surface area contributed by atoms with Gasteiger partial charge in [-0.3, -0.25) is 0 Å². The molecule has 16 heavy (non-hydrogen) atoms. The van der Waals surface area contributed by atoms with Gasteiger partial charge in [0.15, 0.2) is 11.5 Å². The SMILES string of the molecule is Cc1cc2c(c(C(C)CCN)c1)OCCO2. The molecule has 1 aliphatic rings. The van der Waals surface area contributed by atoms with Crippen LogP contribution in [0.25, 0.3) is 0 Å². The van der Waals surface area contributed by atoms with Crippen LogP contribution in [-0.4, -0.2) is 19.8 Å². The minimum Gasteiger partial charge on any atom is -0.486 e. The highest BCUT2D eigenvalue weighted by atomic mass is 16.6. The highest BCUT2D eigenvalue weighted by Crippen LogP contribution is 2.39. The van der Waals surface area contributed by atoms with E-state index in [2.05, 4.69) is 19.9 Å². The molecule has 0 fully saturated rings. The van der Waals surface area contributed by atoms with E-state index in [0.29, 0.717) is 25.7 Å². The Morgan fingerprint density at radius 2 is 2.06 bits per heavy atom. The molecule has 0 saturated heterocycles. The predicted molar refractivity (Wildman–Crippen MR) is 64.3 cm³/mol. The molecule has 3 nitrogen and oxygen atoms in total. The van der Waals surface area contributed by atoms with E-state index in [9.17, 15) is 0 Å². The van der Waals surface area contributed by atoms with Crippen LogP contribution in [0, 0.1) is 6.92 Å². The molecule has 2 rings (SSSR count). The molecule has 1 unspecified atom stereocenters. The lowest BCUT2D eigenvalue weighted by atomic mass is 9.94. The number of nitrogens with two attached hydrogens (primary N) is 1. The summed E-state index contributed by atoms with van der Waals surface area (Å²) in [7, 11) is 0. The summed E-state index contributed by atoms with van der Waals surface area (Å²) in [6, 6.07) is 4.21. The first-order chi connectivity index (χ1) is 7.72. The quantitative estimate of drug-likeness (QED) is 0.851. The third-order valence-electron chi connectivity index (χ3n) is 2.95. The van der Waals surface area contributed by atoms with Crippen molar-refractivity contribution in [2.24, 2.45) is 5.73 Å². The zero-order chi connectivity index (χ0) is 11.5. The molecule has 88 valence electrons. The van der Waals surface area contributed by atoms with Crippen LogP contribution < -0.4 is 15.2 Å². The first-order valence-electron chi connectivity index (χ1n) is 5.82.